The molecule has 1 fully saturated rings. The fourth-order valence-corrected chi connectivity index (χ4v) is 3.35. The summed E-state index contributed by atoms with van der Waals surface area (Å²) in [6, 6.07) is 12.3. The quantitative estimate of drug-likeness (QED) is 0.731. The van der Waals surface area contributed by atoms with E-state index in [1.807, 2.05) is 30.0 Å². The Balaban J connectivity index is 0.00000169. The van der Waals surface area contributed by atoms with Crippen molar-refractivity contribution in [3.63, 3.8) is 0 Å². The molecule has 0 unspecified atom stereocenters. The molecule has 1 aliphatic heterocycles. The number of rotatable bonds is 1. The second-order valence-corrected chi connectivity index (χ2v) is 6.12. The molecule has 5 heteroatoms. The Hall–Kier alpha value is -2.04. The number of amides is 1. The van der Waals surface area contributed by atoms with Crippen molar-refractivity contribution in [3.8, 4) is 0 Å². The zero-order valence-electron chi connectivity index (χ0n) is 13.7. The molecule has 3 aromatic rings. The van der Waals surface area contributed by atoms with Crippen LogP contribution in [-0.2, 0) is 0 Å². The number of furan rings is 1. The highest BCUT2D eigenvalue weighted by Crippen LogP contribution is 2.32. The van der Waals surface area contributed by atoms with Gasteiger partial charge < -0.3 is 14.6 Å². The van der Waals surface area contributed by atoms with Crippen LogP contribution < -0.4 is 5.32 Å². The van der Waals surface area contributed by atoms with Crippen LogP contribution in [0.5, 0.6) is 0 Å². The van der Waals surface area contributed by atoms with Crippen LogP contribution in [0, 0.1) is 6.92 Å². The van der Waals surface area contributed by atoms with Gasteiger partial charge >= 0.3 is 0 Å². The van der Waals surface area contributed by atoms with E-state index in [1.54, 1.807) is 0 Å². The Morgan fingerprint density at radius 2 is 1.92 bits per heavy atom. The van der Waals surface area contributed by atoms with Gasteiger partial charge in [0.25, 0.3) is 5.91 Å². The molecule has 0 aliphatic carbocycles. The maximum atomic E-state index is 12.9. The first-order chi connectivity index (χ1) is 11.3. The van der Waals surface area contributed by atoms with E-state index in [9.17, 15) is 4.79 Å². The van der Waals surface area contributed by atoms with Gasteiger partial charge in [0.2, 0.25) is 0 Å². The van der Waals surface area contributed by atoms with Crippen LogP contribution in [0.4, 0.5) is 0 Å². The number of hydrogen-bond donors (Lipinski definition) is 1. The van der Waals surface area contributed by atoms with E-state index >= 15 is 0 Å². The van der Waals surface area contributed by atoms with Gasteiger partial charge in [-0.2, -0.15) is 0 Å². The maximum Gasteiger partial charge on any atom is 0.289 e. The molecule has 0 saturated carbocycles. The Morgan fingerprint density at radius 3 is 2.79 bits per heavy atom. The average Bonchev–Trinajstić information content (AvgIpc) is 2.77. The van der Waals surface area contributed by atoms with Crippen LogP contribution in [0.25, 0.3) is 21.7 Å². The minimum atomic E-state index is 0. The van der Waals surface area contributed by atoms with E-state index in [2.05, 4.69) is 23.5 Å². The third-order valence-corrected chi connectivity index (χ3v) is 4.65. The fourth-order valence-electron chi connectivity index (χ4n) is 3.35. The molecule has 1 saturated heterocycles. The minimum Gasteiger partial charge on any atom is -0.450 e. The number of carbonyl (C=O) groups excluding carboxylic acids is 1. The molecule has 126 valence electrons. The summed E-state index contributed by atoms with van der Waals surface area (Å²) < 4.78 is 6.06. The van der Waals surface area contributed by atoms with Gasteiger partial charge in [-0.15, -0.1) is 12.4 Å². The molecule has 2 aromatic carbocycles. The normalized spacial score (nSPS) is 15.3. The molecule has 24 heavy (non-hydrogen) atoms. The molecule has 0 bridgehead atoms. The topological polar surface area (TPSA) is 45.5 Å². The van der Waals surface area contributed by atoms with E-state index in [-0.39, 0.29) is 18.3 Å². The lowest BCUT2D eigenvalue weighted by atomic mass is 10.1. The van der Waals surface area contributed by atoms with Crippen LogP contribution >= 0.6 is 12.4 Å². The lowest BCUT2D eigenvalue weighted by Crippen LogP contribution is -2.34. The number of halogens is 1. The highest BCUT2D eigenvalue weighted by Gasteiger charge is 2.24. The molecule has 0 spiro atoms. The number of nitrogens with one attached hydrogen (secondary N) is 1. The summed E-state index contributed by atoms with van der Waals surface area (Å²) in [6.45, 7) is 5.30. The van der Waals surface area contributed by atoms with Gasteiger partial charge in [0, 0.05) is 36.0 Å². The van der Waals surface area contributed by atoms with E-state index < -0.39 is 0 Å². The standard InChI is InChI=1S/C19H20N2O2.ClH/c1-13-15-8-7-14-5-2-3-6-16(14)18(15)23-17(13)19(22)21-11-4-9-20-10-12-21;/h2-3,5-8,20H,4,9-12H2,1H3;1H. The van der Waals surface area contributed by atoms with Crippen molar-refractivity contribution >= 4 is 40.1 Å². The second kappa shape index (κ2) is 6.83. The smallest absolute Gasteiger partial charge is 0.289 e. The summed E-state index contributed by atoms with van der Waals surface area (Å²) in [4.78, 5) is 14.8. The number of hydrogen-bond acceptors (Lipinski definition) is 3. The van der Waals surface area contributed by atoms with Gasteiger partial charge in [-0.3, -0.25) is 4.79 Å². The van der Waals surface area contributed by atoms with Crippen LogP contribution in [0.2, 0.25) is 0 Å². The fraction of sp³-hybridized carbons (Fsp3) is 0.316. The Morgan fingerprint density at radius 1 is 1.08 bits per heavy atom. The summed E-state index contributed by atoms with van der Waals surface area (Å²) in [5.41, 5.74) is 1.75. The van der Waals surface area contributed by atoms with Crippen molar-refractivity contribution in [2.24, 2.45) is 0 Å². The summed E-state index contributed by atoms with van der Waals surface area (Å²) in [7, 11) is 0. The van der Waals surface area contributed by atoms with E-state index in [0.717, 1.165) is 59.9 Å². The predicted octanol–water partition coefficient (Wildman–Crippen LogP) is 3.75. The first kappa shape index (κ1) is 16.8. The van der Waals surface area contributed by atoms with Crippen molar-refractivity contribution < 1.29 is 9.21 Å². The van der Waals surface area contributed by atoms with E-state index in [4.69, 9.17) is 4.42 Å². The van der Waals surface area contributed by atoms with Gasteiger partial charge in [-0.25, -0.2) is 0 Å². The maximum absolute atomic E-state index is 12.9. The Labute approximate surface area is 147 Å². The molecular formula is C19H21ClN2O2. The third kappa shape index (κ3) is 2.76. The van der Waals surface area contributed by atoms with Crippen LogP contribution in [0.15, 0.2) is 40.8 Å². The van der Waals surface area contributed by atoms with Gasteiger partial charge in [0.15, 0.2) is 5.76 Å². The summed E-state index contributed by atoms with van der Waals surface area (Å²) in [6.07, 6.45) is 0.980. The molecule has 4 nitrogen and oxygen atoms in total. The van der Waals surface area contributed by atoms with Gasteiger partial charge in [-0.1, -0.05) is 36.4 Å². The van der Waals surface area contributed by atoms with Gasteiger partial charge in [0.05, 0.1) is 0 Å². The predicted molar refractivity (Wildman–Crippen MR) is 99.1 cm³/mol. The van der Waals surface area contributed by atoms with Crippen molar-refractivity contribution in [2.75, 3.05) is 26.2 Å². The summed E-state index contributed by atoms with van der Waals surface area (Å²) in [5, 5.41) is 6.54. The number of nitrogens with zero attached hydrogens (tertiary/aromatic N) is 1. The SMILES string of the molecule is Cc1c(C(=O)N2CCCNCC2)oc2c1ccc1ccccc12.Cl. The third-order valence-electron chi connectivity index (χ3n) is 4.65. The number of aryl methyl sites for hydroxylation is 1. The summed E-state index contributed by atoms with van der Waals surface area (Å²) in [5.74, 6) is 0.490. The molecule has 1 amide bonds. The molecule has 1 aromatic heterocycles. The molecular weight excluding hydrogens is 324 g/mol. The molecule has 4 rings (SSSR count). The van der Waals surface area contributed by atoms with Gasteiger partial charge in [-0.05, 0) is 25.3 Å². The summed E-state index contributed by atoms with van der Waals surface area (Å²) >= 11 is 0. The highest BCUT2D eigenvalue weighted by atomic mass is 35.5. The number of benzene rings is 2. The first-order valence-corrected chi connectivity index (χ1v) is 8.16. The number of fused-ring (bicyclic) bond motifs is 3. The van der Waals surface area contributed by atoms with Crippen molar-refractivity contribution in [1.82, 2.24) is 10.2 Å². The largest absolute Gasteiger partial charge is 0.450 e. The van der Waals surface area contributed by atoms with Crippen LogP contribution in [0.3, 0.4) is 0 Å². The van der Waals surface area contributed by atoms with Crippen molar-refractivity contribution in [2.45, 2.75) is 13.3 Å². The van der Waals surface area contributed by atoms with E-state index in [0.29, 0.717) is 5.76 Å². The molecule has 1 aliphatic rings. The van der Waals surface area contributed by atoms with Crippen LogP contribution in [0.1, 0.15) is 22.5 Å². The Kier molecular flexibility index (Phi) is 4.78. The Bertz CT molecular complexity index is 880. The molecule has 0 atom stereocenters. The second-order valence-electron chi connectivity index (χ2n) is 6.12. The number of carbonyl (C=O) groups is 1. The molecule has 0 radical (unpaired) electrons. The monoisotopic (exact) mass is 344 g/mol. The van der Waals surface area contributed by atoms with Crippen molar-refractivity contribution in [3.05, 3.63) is 47.7 Å². The average molecular weight is 345 g/mol. The lowest BCUT2D eigenvalue weighted by molar-refractivity contribution is 0.0736. The first-order valence-electron chi connectivity index (χ1n) is 8.16. The molecule has 1 N–H and O–H groups in total. The zero-order chi connectivity index (χ0) is 15.8. The zero-order valence-corrected chi connectivity index (χ0v) is 14.5. The van der Waals surface area contributed by atoms with E-state index in [1.165, 1.54) is 0 Å². The highest BCUT2D eigenvalue weighted by molar-refractivity contribution is 6.08. The van der Waals surface area contributed by atoms with Crippen LogP contribution in [-0.4, -0.2) is 37.0 Å². The van der Waals surface area contributed by atoms with Gasteiger partial charge in [0.1, 0.15) is 5.58 Å². The molecule has 2 heterocycles. The minimum absolute atomic E-state index is 0. The lowest BCUT2D eigenvalue weighted by Gasteiger charge is -2.18. The van der Waals surface area contributed by atoms with Crippen molar-refractivity contribution in [1.29, 1.82) is 0 Å².